The highest BCUT2D eigenvalue weighted by Crippen LogP contribution is 2.30. The van der Waals surface area contributed by atoms with Crippen molar-refractivity contribution in [2.24, 2.45) is 0 Å². The molecule has 3 aromatic carbocycles. The summed E-state index contributed by atoms with van der Waals surface area (Å²) in [5.74, 6) is -1.05. The minimum absolute atomic E-state index is 0.0806. The molecular weight excluding hydrogens is 426 g/mol. The number of allylic oxidation sites excluding steroid dienone is 1. The molecule has 0 saturated carbocycles. The van der Waals surface area contributed by atoms with Crippen LogP contribution in [0.15, 0.2) is 67.3 Å². The van der Waals surface area contributed by atoms with Crippen molar-refractivity contribution in [3.63, 3.8) is 0 Å². The van der Waals surface area contributed by atoms with Crippen LogP contribution in [0, 0.1) is 29.3 Å². The van der Waals surface area contributed by atoms with Gasteiger partial charge in [-0.3, -0.25) is 0 Å². The summed E-state index contributed by atoms with van der Waals surface area (Å²) in [6.07, 6.45) is -0.214. The molecule has 0 fully saturated rings. The van der Waals surface area contributed by atoms with Crippen LogP contribution >= 0.6 is 0 Å². The van der Waals surface area contributed by atoms with Gasteiger partial charge in [0, 0.05) is 11.5 Å². The molecule has 0 N–H and O–H groups in total. The monoisotopic (exact) mass is 444 g/mol. The Morgan fingerprint density at radius 1 is 0.781 bits per heavy atom. The second-order valence-electron chi connectivity index (χ2n) is 7.14. The number of benzene rings is 3. The van der Waals surface area contributed by atoms with Gasteiger partial charge in [-0.25, -0.2) is 13.2 Å². The number of hydrogen-bond donors (Lipinski definition) is 0. The van der Waals surface area contributed by atoms with Gasteiger partial charge in [-0.2, -0.15) is 13.2 Å². The van der Waals surface area contributed by atoms with E-state index in [0.717, 1.165) is 48.4 Å². The summed E-state index contributed by atoms with van der Waals surface area (Å²) in [5.41, 5.74) is 1.27. The maximum atomic E-state index is 14.7. The van der Waals surface area contributed by atoms with Crippen LogP contribution in [0.25, 0.3) is 22.3 Å². The van der Waals surface area contributed by atoms with Gasteiger partial charge in [0.2, 0.25) is 0 Å². The summed E-state index contributed by atoms with van der Waals surface area (Å²) in [6.45, 7) is 3.69. The maximum absolute atomic E-state index is 14.7. The van der Waals surface area contributed by atoms with E-state index in [1.165, 1.54) is 18.1 Å². The molecule has 0 bridgehead atoms. The summed E-state index contributed by atoms with van der Waals surface area (Å²) in [6, 6.07) is 13.4. The van der Waals surface area contributed by atoms with Crippen molar-refractivity contribution in [1.29, 1.82) is 0 Å². The van der Waals surface area contributed by atoms with Gasteiger partial charge in [0.05, 0.1) is 5.56 Å². The molecule has 0 aliphatic heterocycles. The Kier molecular flexibility index (Phi) is 7.09. The summed E-state index contributed by atoms with van der Waals surface area (Å²) in [4.78, 5) is 0. The van der Waals surface area contributed by atoms with Gasteiger partial charge in [-0.15, -0.1) is 6.58 Å². The molecule has 0 heterocycles. The van der Waals surface area contributed by atoms with E-state index < -0.39 is 29.2 Å². The van der Waals surface area contributed by atoms with Gasteiger partial charge in [0.1, 0.15) is 17.5 Å². The largest absolute Gasteiger partial charge is 0.458 e. The lowest BCUT2D eigenvalue weighted by Crippen LogP contribution is -2.02. The lowest BCUT2D eigenvalue weighted by atomic mass is 9.97. The molecule has 0 radical (unpaired) electrons. The molecule has 0 spiro atoms. The first-order chi connectivity index (χ1) is 15.2. The Balaban J connectivity index is 1.86. The van der Waals surface area contributed by atoms with E-state index in [1.54, 1.807) is 6.07 Å². The van der Waals surface area contributed by atoms with Crippen molar-refractivity contribution in [3.05, 3.63) is 95.8 Å². The summed E-state index contributed by atoms with van der Waals surface area (Å²) in [7, 11) is 0. The molecule has 0 atom stereocenters. The Hall–Kier alpha value is -3.46. The van der Waals surface area contributed by atoms with Gasteiger partial charge in [0.15, 0.2) is 0 Å². The molecule has 6 heteroatoms. The van der Waals surface area contributed by atoms with Crippen LogP contribution < -0.4 is 0 Å². The highest BCUT2D eigenvalue weighted by atomic mass is 19.4. The molecule has 164 valence electrons. The number of aryl methyl sites for hydroxylation is 1. The Morgan fingerprint density at radius 3 is 1.94 bits per heavy atom. The van der Waals surface area contributed by atoms with Crippen LogP contribution in [0.2, 0.25) is 0 Å². The van der Waals surface area contributed by atoms with Gasteiger partial charge >= 0.3 is 6.18 Å². The van der Waals surface area contributed by atoms with E-state index in [-0.39, 0.29) is 11.1 Å². The van der Waals surface area contributed by atoms with Crippen LogP contribution in [0.5, 0.6) is 0 Å². The summed E-state index contributed by atoms with van der Waals surface area (Å²) < 4.78 is 79.7. The predicted molar refractivity (Wildman–Crippen MR) is 113 cm³/mol. The van der Waals surface area contributed by atoms with Crippen molar-refractivity contribution in [2.45, 2.75) is 25.4 Å². The third kappa shape index (κ3) is 5.82. The first-order valence-electron chi connectivity index (χ1n) is 9.77. The average Bonchev–Trinajstić information content (AvgIpc) is 2.73. The molecule has 0 saturated heterocycles. The molecule has 3 aromatic rings. The number of rotatable bonds is 6. The topological polar surface area (TPSA) is 0 Å². The van der Waals surface area contributed by atoms with Crippen LogP contribution in [-0.2, 0) is 6.42 Å². The minimum Gasteiger partial charge on any atom is -0.206 e. The van der Waals surface area contributed by atoms with E-state index in [4.69, 9.17) is 0 Å². The average molecular weight is 444 g/mol. The molecule has 0 unspecified atom stereocenters. The third-order valence-corrected chi connectivity index (χ3v) is 4.81. The van der Waals surface area contributed by atoms with Crippen LogP contribution in [-0.4, -0.2) is 6.18 Å². The highest BCUT2D eigenvalue weighted by Gasteiger charge is 2.23. The first kappa shape index (κ1) is 23.2. The van der Waals surface area contributed by atoms with Crippen molar-refractivity contribution < 1.29 is 26.3 Å². The quantitative estimate of drug-likeness (QED) is 0.157. The molecule has 3 rings (SSSR count). The van der Waals surface area contributed by atoms with Crippen molar-refractivity contribution >= 4 is 0 Å². The minimum atomic E-state index is -4.89. The summed E-state index contributed by atoms with van der Waals surface area (Å²) >= 11 is 0. The molecule has 0 aliphatic rings. The van der Waals surface area contributed by atoms with Gasteiger partial charge in [-0.1, -0.05) is 48.4 Å². The Bertz CT molecular complexity index is 1150. The smallest absolute Gasteiger partial charge is 0.206 e. The normalized spacial score (nSPS) is 11.1. The predicted octanol–water partition coefficient (Wildman–Crippen LogP) is 7.86. The molecule has 0 aromatic heterocycles. The lowest BCUT2D eigenvalue weighted by molar-refractivity contribution is -0.0696. The Labute approximate surface area is 182 Å². The molecular formula is C26H18F6. The third-order valence-electron chi connectivity index (χ3n) is 4.81. The second kappa shape index (κ2) is 9.78. The SMILES string of the molecule is C=CCCCc1ccc(-c2ccc(-c3cc(F)c(C#CC(F)(F)F)c(F)c3)c(F)c2)cc1. The van der Waals surface area contributed by atoms with Crippen LogP contribution in [0.1, 0.15) is 24.0 Å². The zero-order chi connectivity index (χ0) is 23.3. The fraction of sp³-hybridized carbons (Fsp3) is 0.154. The van der Waals surface area contributed by atoms with Crippen LogP contribution in [0.3, 0.4) is 0 Å². The summed E-state index contributed by atoms with van der Waals surface area (Å²) in [5, 5.41) is 0. The van der Waals surface area contributed by atoms with Gasteiger partial charge in [-0.05, 0) is 59.7 Å². The van der Waals surface area contributed by atoms with E-state index in [2.05, 4.69) is 6.58 Å². The van der Waals surface area contributed by atoms with E-state index in [0.29, 0.717) is 5.56 Å². The van der Waals surface area contributed by atoms with E-state index in [1.807, 2.05) is 30.3 Å². The molecule has 0 amide bonds. The van der Waals surface area contributed by atoms with Crippen molar-refractivity contribution in [3.8, 4) is 34.1 Å². The molecule has 32 heavy (non-hydrogen) atoms. The second-order valence-corrected chi connectivity index (χ2v) is 7.14. The molecule has 0 nitrogen and oxygen atoms in total. The van der Waals surface area contributed by atoms with E-state index >= 15 is 0 Å². The standard InChI is InChI=1S/C26H18F6/c1-2-3-4-5-17-6-8-18(9-7-17)19-10-11-21(23(27)14-19)20-15-24(28)22(25(29)16-20)12-13-26(30,31)32/h2,6-11,14-16H,1,3-5H2. The number of alkyl halides is 3. The number of hydrogen-bond acceptors (Lipinski definition) is 0. The van der Waals surface area contributed by atoms with E-state index in [9.17, 15) is 26.3 Å². The fourth-order valence-electron chi connectivity index (χ4n) is 3.22. The van der Waals surface area contributed by atoms with Gasteiger partial charge in [0.25, 0.3) is 0 Å². The maximum Gasteiger partial charge on any atom is 0.458 e. The number of halogens is 6. The lowest BCUT2D eigenvalue weighted by Gasteiger charge is -2.09. The Morgan fingerprint density at radius 2 is 1.38 bits per heavy atom. The van der Waals surface area contributed by atoms with Crippen LogP contribution in [0.4, 0.5) is 26.3 Å². The van der Waals surface area contributed by atoms with Crippen molar-refractivity contribution in [2.75, 3.05) is 0 Å². The fourth-order valence-corrected chi connectivity index (χ4v) is 3.22. The number of unbranched alkanes of at least 4 members (excludes halogenated alkanes) is 1. The zero-order valence-electron chi connectivity index (χ0n) is 16.9. The van der Waals surface area contributed by atoms with Gasteiger partial charge < -0.3 is 0 Å². The first-order valence-corrected chi connectivity index (χ1v) is 9.77. The highest BCUT2D eigenvalue weighted by molar-refractivity contribution is 5.71. The molecule has 0 aliphatic carbocycles. The zero-order valence-corrected chi connectivity index (χ0v) is 16.9. The van der Waals surface area contributed by atoms with Crippen molar-refractivity contribution in [1.82, 2.24) is 0 Å².